The highest BCUT2D eigenvalue weighted by Gasteiger charge is 2.10. The summed E-state index contributed by atoms with van der Waals surface area (Å²) >= 11 is 0. The largest absolute Gasteiger partial charge is 0.380 e. The molecule has 0 heterocycles. The van der Waals surface area contributed by atoms with Gasteiger partial charge in [0.25, 0.3) is 0 Å². The van der Waals surface area contributed by atoms with Gasteiger partial charge in [-0.2, -0.15) is 0 Å². The number of ketones is 1. The quantitative estimate of drug-likeness (QED) is 0.765. The van der Waals surface area contributed by atoms with Gasteiger partial charge in [0.15, 0.2) is 5.78 Å². The maximum atomic E-state index is 11.5. The molecule has 0 unspecified atom stereocenters. The maximum Gasteiger partial charge on any atom is 0.162 e. The summed E-state index contributed by atoms with van der Waals surface area (Å²) in [6, 6.07) is 7.67. The summed E-state index contributed by atoms with van der Waals surface area (Å²) in [4.78, 5) is 11.5. The minimum Gasteiger partial charge on any atom is -0.380 e. The topological polar surface area (TPSA) is 29.1 Å². The minimum absolute atomic E-state index is 0.0217. The Labute approximate surface area is 91.7 Å². The van der Waals surface area contributed by atoms with Crippen molar-refractivity contribution < 1.29 is 4.79 Å². The van der Waals surface area contributed by atoms with Crippen molar-refractivity contribution in [3.8, 4) is 0 Å². The lowest BCUT2D eigenvalue weighted by atomic mass is 10.1. The summed E-state index contributed by atoms with van der Waals surface area (Å²) < 4.78 is 0. The summed E-state index contributed by atoms with van der Waals surface area (Å²) in [5.41, 5.74) is 1.81. The molecule has 2 heteroatoms. The molecule has 15 heavy (non-hydrogen) atoms. The van der Waals surface area contributed by atoms with Crippen molar-refractivity contribution in [3.05, 3.63) is 29.8 Å². The normalized spacial score (nSPS) is 11.2. The number of Topliss-reactive ketones (excluding diaryl/α,β-unsaturated/α-hetero) is 1. The fourth-order valence-corrected chi connectivity index (χ4v) is 1.41. The van der Waals surface area contributed by atoms with E-state index in [1.165, 1.54) is 0 Å². The van der Waals surface area contributed by atoms with Crippen molar-refractivity contribution in [1.29, 1.82) is 0 Å². The van der Waals surface area contributed by atoms with Crippen molar-refractivity contribution in [2.75, 3.05) is 5.32 Å². The van der Waals surface area contributed by atoms with Crippen LogP contribution in [0.1, 0.15) is 44.5 Å². The van der Waals surface area contributed by atoms with Crippen molar-refractivity contribution in [2.24, 2.45) is 0 Å². The number of carbonyl (C=O) groups is 1. The number of benzene rings is 1. The Morgan fingerprint density at radius 1 is 1.33 bits per heavy atom. The first-order chi connectivity index (χ1) is 6.92. The predicted molar refractivity (Wildman–Crippen MR) is 64.4 cm³/mol. The fourth-order valence-electron chi connectivity index (χ4n) is 1.41. The van der Waals surface area contributed by atoms with Crippen LogP contribution in [-0.2, 0) is 0 Å². The maximum absolute atomic E-state index is 11.5. The van der Waals surface area contributed by atoms with E-state index in [0.717, 1.165) is 11.3 Å². The van der Waals surface area contributed by atoms with Gasteiger partial charge in [-0.15, -0.1) is 0 Å². The molecule has 0 aromatic heterocycles. The highest BCUT2D eigenvalue weighted by Crippen LogP contribution is 2.16. The van der Waals surface area contributed by atoms with Gasteiger partial charge in [-0.05, 0) is 32.9 Å². The Morgan fingerprint density at radius 2 is 2.00 bits per heavy atom. The SMILES string of the molecule is CCC(=O)c1cccc(NC(C)(C)C)c1. The van der Waals surface area contributed by atoms with Crippen molar-refractivity contribution in [2.45, 2.75) is 39.7 Å². The van der Waals surface area contributed by atoms with Gasteiger partial charge in [-0.3, -0.25) is 4.79 Å². The fraction of sp³-hybridized carbons (Fsp3) is 0.462. The van der Waals surface area contributed by atoms with E-state index in [0.29, 0.717) is 6.42 Å². The van der Waals surface area contributed by atoms with Crippen LogP contribution in [0.4, 0.5) is 5.69 Å². The molecule has 1 aromatic rings. The third-order valence-corrected chi connectivity index (χ3v) is 2.02. The highest BCUT2D eigenvalue weighted by atomic mass is 16.1. The minimum atomic E-state index is 0.0217. The molecule has 0 aliphatic carbocycles. The molecule has 2 nitrogen and oxygen atoms in total. The van der Waals surface area contributed by atoms with Crippen LogP contribution in [0.5, 0.6) is 0 Å². The molecule has 0 atom stereocenters. The lowest BCUT2D eigenvalue weighted by Gasteiger charge is -2.22. The summed E-state index contributed by atoms with van der Waals surface area (Å²) in [6.45, 7) is 8.18. The molecule has 0 saturated carbocycles. The lowest BCUT2D eigenvalue weighted by molar-refractivity contribution is 0.0988. The number of carbonyl (C=O) groups excluding carboxylic acids is 1. The van der Waals surface area contributed by atoms with Crippen molar-refractivity contribution >= 4 is 11.5 Å². The van der Waals surface area contributed by atoms with Gasteiger partial charge < -0.3 is 5.32 Å². The Balaban J connectivity index is 2.88. The van der Waals surface area contributed by atoms with Crippen molar-refractivity contribution in [1.82, 2.24) is 0 Å². The Kier molecular flexibility index (Phi) is 3.51. The van der Waals surface area contributed by atoms with E-state index in [1.807, 2.05) is 31.2 Å². The Bertz CT molecular complexity index is 350. The summed E-state index contributed by atoms with van der Waals surface area (Å²) in [5.74, 6) is 0.188. The number of hydrogen-bond donors (Lipinski definition) is 1. The first kappa shape index (κ1) is 11.8. The smallest absolute Gasteiger partial charge is 0.162 e. The van der Waals surface area contributed by atoms with Crippen LogP contribution in [0.2, 0.25) is 0 Å². The second-order valence-electron chi connectivity index (χ2n) is 4.73. The zero-order valence-electron chi connectivity index (χ0n) is 9.92. The zero-order valence-corrected chi connectivity index (χ0v) is 9.92. The molecule has 0 spiro atoms. The number of rotatable bonds is 3. The number of hydrogen-bond acceptors (Lipinski definition) is 2. The van der Waals surface area contributed by atoms with E-state index in [2.05, 4.69) is 26.1 Å². The van der Waals surface area contributed by atoms with Gasteiger partial charge in [-0.1, -0.05) is 19.1 Å². The number of nitrogens with one attached hydrogen (secondary N) is 1. The van der Waals surface area contributed by atoms with Crippen molar-refractivity contribution in [3.63, 3.8) is 0 Å². The van der Waals surface area contributed by atoms with Crippen LogP contribution in [0, 0.1) is 0 Å². The van der Waals surface area contributed by atoms with Crippen LogP contribution in [-0.4, -0.2) is 11.3 Å². The molecule has 0 aliphatic heterocycles. The molecular weight excluding hydrogens is 186 g/mol. The first-order valence-electron chi connectivity index (χ1n) is 5.34. The molecule has 82 valence electrons. The van der Waals surface area contributed by atoms with E-state index in [1.54, 1.807) is 0 Å². The molecule has 0 saturated heterocycles. The average Bonchev–Trinajstić information content (AvgIpc) is 2.14. The molecule has 0 aliphatic rings. The third-order valence-electron chi connectivity index (χ3n) is 2.02. The second kappa shape index (κ2) is 4.47. The zero-order chi connectivity index (χ0) is 11.5. The van der Waals surface area contributed by atoms with E-state index in [4.69, 9.17) is 0 Å². The summed E-state index contributed by atoms with van der Waals surface area (Å²) in [6.07, 6.45) is 0.555. The van der Waals surface area contributed by atoms with Gasteiger partial charge in [0.2, 0.25) is 0 Å². The molecule has 0 bridgehead atoms. The number of anilines is 1. The van der Waals surface area contributed by atoms with Crippen LogP contribution < -0.4 is 5.32 Å². The summed E-state index contributed by atoms with van der Waals surface area (Å²) in [5, 5.41) is 3.35. The standard InChI is InChI=1S/C13H19NO/c1-5-12(15)10-7-6-8-11(9-10)14-13(2,3)4/h6-9,14H,5H2,1-4H3. The summed E-state index contributed by atoms with van der Waals surface area (Å²) in [7, 11) is 0. The van der Waals surface area contributed by atoms with Crippen LogP contribution in [0.3, 0.4) is 0 Å². The Hall–Kier alpha value is -1.31. The van der Waals surface area contributed by atoms with Crippen LogP contribution >= 0.6 is 0 Å². The van der Waals surface area contributed by atoms with E-state index in [9.17, 15) is 4.79 Å². The van der Waals surface area contributed by atoms with E-state index < -0.39 is 0 Å². The second-order valence-corrected chi connectivity index (χ2v) is 4.73. The van der Waals surface area contributed by atoms with Gasteiger partial charge >= 0.3 is 0 Å². The molecule has 1 N–H and O–H groups in total. The van der Waals surface area contributed by atoms with Gasteiger partial charge in [-0.25, -0.2) is 0 Å². The van der Waals surface area contributed by atoms with Gasteiger partial charge in [0, 0.05) is 23.2 Å². The predicted octanol–water partition coefficient (Wildman–Crippen LogP) is 3.49. The molecule has 0 radical (unpaired) electrons. The monoisotopic (exact) mass is 205 g/mol. The molecule has 1 aromatic carbocycles. The van der Waals surface area contributed by atoms with Crippen LogP contribution in [0.15, 0.2) is 24.3 Å². The molecule has 1 rings (SSSR count). The third kappa shape index (κ3) is 3.74. The van der Waals surface area contributed by atoms with E-state index >= 15 is 0 Å². The first-order valence-corrected chi connectivity index (χ1v) is 5.34. The lowest BCUT2D eigenvalue weighted by Crippen LogP contribution is -2.26. The van der Waals surface area contributed by atoms with Crippen LogP contribution in [0.25, 0.3) is 0 Å². The van der Waals surface area contributed by atoms with Gasteiger partial charge in [0.1, 0.15) is 0 Å². The molecular formula is C13H19NO. The van der Waals surface area contributed by atoms with Gasteiger partial charge in [0.05, 0.1) is 0 Å². The molecule has 0 fully saturated rings. The Morgan fingerprint density at radius 3 is 2.53 bits per heavy atom. The van der Waals surface area contributed by atoms with E-state index in [-0.39, 0.29) is 11.3 Å². The average molecular weight is 205 g/mol. The molecule has 0 amide bonds. The highest BCUT2D eigenvalue weighted by molar-refractivity contribution is 5.96.